The van der Waals surface area contributed by atoms with E-state index in [1.165, 1.54) is 12.4 Å². The molecule has 1 amide bonds. The van der Waals surface area contributed by atoms with Gasteiger partial charge in [0.2, 0.25) is 5.95 Å². The molecule has 5 nitrogen and oxygen atoms in total. The van der Waals surface area contributed by atoms with Gasteiger partial charge in [0.15, 0.2) is 0 Å². The third-order valence-electron chi connectivity index (χ3n) is 2.61. The number of benzene rings is 1. The Hall–Kier alpha value is -2.43. The van der Waals surface area contributed by atoms with Gasteiger partial charge in [0.25, 0.3) is 5.91 Å². The largest absolute Gasteiger partial charge is 0.352 e. The molecule has 0 fully saturated rings. The van der Waals surface area contributed by atoms with Crippen molar-refractivity contribution < 1.29 is 4.79 Å². The van der Waals surface area contributed by atoms with E-state index in [2.05, 4.69) is 20.6 Å². The summed E-state index contributed by atoms with van der Waals surface area (Å²) >= 11 is 0. The topological polar surface area (TPSA) is 66.9 Å². The molecule has 0 aliphatic carbocycles. The highest BCUT2D eigenvalue weighted by atomic mass is 16.1. The van der Waals surface area contributed by atoms with Crippen molar-refractivity contribution in [1.82, 2.24) is 15.3 Å². The highest BCUT2D eigenvalue weighted by Crippen LogP contribution is 2.11. The summed E-state index contributed by atoms with van der Waals surface area (Å²) in [6.45, 7) is 4.73. The fraction of sp³-hybridized carbons (Fsp3) is 0.267. The number of hydrogen-bond acceptors (Lipinski definition) is 4. The van der Waals surface area contributed by atoms with Crippen LogP contribution < -0.4 is 10.6 Å². The van der Waals surface area contributed by atoms with Crippen molar-refractivity contribution in [2.24, 2.45) is 5.92 Å². The monoisotopic (exact) mass is 270 g/mol. The average molecular weight is 270 g/mol. The Morgan fingerprint density at radius 1 is 1.15 bits per heavy atom. The van der Waals surface area contributed by atoms with Crippen LogP contribution in [-0.4, -0.2) is 22.4 Å². The van der Waals surface area contributed by atoms with Gasteiger partial charge < -0.3 is 10.6 Å². The lowest BCUT2D eigenvalue weighted by atomic mass is 10.2. The number of rotatable bonds is 5. The van der Waals surface area contributed by atoms with Crippen molar-refractivity contribution in [3.8, 4) is 0 Å². The van der Waals surface area contributed by atoms with Gasteiger partial charge in [-0.25, -0.2) is 9.97 Å². The van der Waals surface area contributed by atoms with Crippen LogP contribution in [0.3, 0.4) is 0 Å². The van der Waals surface area contributed by atoms with Crippen molar-refractivity contribution in [3.63, 3.8) is 0 Å². The van der Waals surface area contributed by atoms with E-state index >= 15 is 0 Å². The Morgan fingerprint density at radius 2 is 1.80 bits per heavy atom. The van der Waals surface area contributed by atoms with Crippen LogP contribution in [0.2, 0.25) is 0 Å². The summed E-state index contributed by atoms with van der Waals surface area (Å²) in [5.41, 5.74) is 1.37. The smallest absolute Gasteiger partial charge is 0.254 e. The van der Waals surface area contributed by atoms with Crippen molar-refractivity contribution >= 4 is 17.5 Å². The van der Waals surface area contributed by atoms with Crippen LogP contribution in [0, 0.1) is 5.92 Å². The molecule has 104 valence electrons. The number of carbonyl (C=O) groups is 1. The number of hydrogen-bond donors (Lipinski definition) is 2. The Bertz CT molecular complexity index is 552. The van der Waals surface area contributed by atoms with Gasteiger partial charge >= 0.3 is 0 Å². The van der Waals surface area contributed by atoms with Crippen LogP contribution in [0.5, 0.6) is 0 Å². The summed E-state index contributed by atoms with van der Waals surface area (Å²) < 4.78 is 0. The van der Waals surface area contributed by atoms with Gasteiger partial charge in [-0.2, -0.15) is 0 Å². The fourth-order valence-corrected chi connectivity index (χ4v) is 1.56. The number of anilines is 2. The number of nitrogens with zero attached hydrogens (tertiary/aromatic N) is 2. The van der Waals surface area contributed by atoms with Gasteiger partial charge in [-0.05, 0) is 18.1 Å². The summed E-state index contributed by atoms with van der Waals surface area (Å²) in [6.07, 6.45) is 3.04. The molecule has 0 spiro atoms. The van der Waals surface area contributed by atoms with Gasteiger partial charge in [0, 0.05) is 24.6 Å². The van der Waals surface area contributed by atoms with E-state index in [1.807, 2.05) is 44.2 Å². The maximum atomic E-state index is 11.8. The van der Waals surface area contributed by atoms with Crippen LogP contribution in [-0.2, 0) is 0 Å². The van der Waals surface area contributed by atoms with E-state index in [0.29, 0.717) is 24.0 Å². The minimum absolute atomic E-state index is 0.148. The fourth-order valence-electron chi connectivity index (χ4n) is 1.56. The standard InChI is InChI=1S/C15H18N4O/c1-11(2)8-16-14(20)12-9-17-15(18-10-12)19-13-6-4-3-5-7-13/h3-7,9-11H,8H2,1-2H3,(H,16,20)(H,17,18,19). The predicted molar refractivity (Wildman–Crippen MR) is 78.9 cm³/mol. The summed E-state index contributed by atoms with van der Waals surface area (Å²) in [5, 5.41) is 5.89. The molecule has 1 aromatic carbocycles. The van der Waals surface area contributed by atoms with Crippen LogP contribution >= 0.6 is 0 Å². The van der Waals surface area contributed by atoms with Gasteiger partial charge in [-0.3, -0.25) is 4.79 Å². The Balaban J connectivity index is 1.97. The first-order valence-corrected chi connectivity index (χ1v) is 6.57. The molecular weight excluding hydrogens is 252 g/mol. The summed E-state index contributed by atoms with van der Waals surface area (Å²) in [6, 6.07) is 9.64. The lowest BCUT2D eigenvalue weighted by molar-refractivity contribution is 0.0948. The lowest BCUT2D eigenvalue weighted by Crippen LogP contribution is -2.27. The van der Waals surface area contributed by atoms with E-state index < -0.39 is 0 Å². The van der Waals surface area contributed by atoms with Gasteiger partial charge in [-0.15, -0.1) is 0 Å². The average Bonchev–Trinajstić information content (AvgIpc) is 2.46. The molecule has 2 N–H and O–H groups in total. The molecular formula is C15H18N4O. The van der Waals surface area contributed by atoms with Crippen LogP contribution in [0.25, 0.3) is 0 Å². The maximum absolute atomic E-state index is 11.8. The molecule has 0 saturated carbocycles. The quantitative estimate of drug-likeness (QED) is 0.876. The van der Waals surface area contributed by atoms with Crippen molar-refractivity contribution in [2.75, 3.05) is 11.9 Å². The van der Waals surface area contributed by atoms with Crippen LogP contribution in [0.1, 0.15) is 24.2 Å². The Morgan fingerprint density at radius 3 is 2.40 bits per heavy atom. The normalized spacial score (nSPS) is 10.3. The second kappa shape index (κ2) is 6.65. The second-order valence-corrected chi connectivity index (χ2v) is 4.89. The van der Waals surface area contributed by atoms with Gasteiger partial charge in [-0.1, -0.05) is 32.0 Å². The van der Waals surface area contributed by atoms with Crippen molar-refractivity contribution in [2.45, 2.75) is 13.8 Å². The van der Waals surface area contributed by atoms with E-state index in [1.54, 1.807) is 0 Å². The molecule has 1 heterocycles. The number of para-hydroxylation sites is 1. The second-order valence-electron chi connectivity index (χ2n) is 4.89. The van der Waals surface area contributed by atoms with Crippen molar-refractivity contribution in [1.29, 1.82) is 0 Å². The maximum Gasteiger partial charge on any atom is 0.254 e. The van der Waals surface area contributed by atoms with E-state index in [0.717, 1.165) is 5.69 Å². The molecule has 0 radical (unpaired) electrons. The minimum Gasteiger partial charge on any atom is -0.352 e. The molecule has 0 unspecified atom stereocenters. The molecule has 2 rings (SSSR count). The summed E-state index contributed by atoms with van der Waals surface area (Å²) in [5.74, 6) is 0.737. The lowest BCUT2D eigenvalue weighted by Gasteiger charge is -2.08. The first-order valence-electron chi connectivity index (χ1n) is 6.57. The van der Waals surface area contributed by atoms with E-state index in [9.17, 15) is 4.79 Å². The van der Waals surface area contributed by atoms with Gasteiger partial charge in [0.1, 0.15) is 0 Å². The molecule has 0 aliphatic heterocycles. The number of aromatic nitrogens is 2. The summed E-state index contributed by atoms with van der Waals surface area (Å²) in [7, 11) is 0. The SMILES string of the molecule is CC(C)CNC(=O)c1cnc(Nc2ccccc2)nc1. The minimum atomic E-state index is -0.148. The molecule has 20 heavy (non-hydrogen) atoms. The highest BCUT2D eigenvalue weighted by molar-refractivity contribution is 5.93. The zero-order chi connectivity index (χ0) is 14.4. The molecule has 1 aromatic heterocycles. The molecule has 0 saturated heterocycles. The number of amides is 1. The first kappa shape index (κ1) is 14.0. The van der Waals surface area contributed by atoms with Crippen molar-refractivity contribution in [3.05, 3.63) is 48.3 Å². The Kier molecular flexibility index (Phi) is 4.65. The predicted octanol–water partition coefficient (Wildman–Crippen LogP) is 2.61. The number of carbonyl (C=O) groups excluding carboxylic acids is 1. The zero-order valence-corrected chi connectivity index (χ0v) is 11.6. The highest BCUT2D eigenvalue weighted by Gasteiger charge is 2.07. The third-order valence-corrected chi connectivity index (χ3v) is 2.61. The van der Waals surface area contributed by atoms with Gasteiger partial charge in [0.05, 0.1) is 5.56 Å². The molecule has 5 heteroatoms. The van der Waals surface area contributed by atoms with Crippen LogP contribution in [0.15, 0.2) is 42.7 Å². The van der Waals surface area contributed by atoms with Crippen LogP contribution in [0.4, 0.5) is 11.6 Å². The molecule has 0 atom stereocenters. The molecule has 0 bridgehead atoms. The Labute approximate surface area is 118 Å². The molecule has 2 aromatic rings. The van der Waals surface area contributed by atoms with E-state index in [-0.39, 0.29) is 5.91 Å². The molecule has 0 aliphatic rings. The first-order chi connectivity index (χ1) is 9.65. The summed E-state index contributed by atoms with van der Waals surface area (Å²) in [4.78, 5) is 20.1. The zero-order valence-electron chi connectivity index (χ0n) is 11.6. The third kappa shape index (κ3) is 4.05. The van der Waals surface area contributed by atoms with E-state index in [4.69, 9.17) is 0 Å². The number of nitrogens with one attached hydrogen (secondary N) is 2.